The van der Waals surface area contributed by atoms with Crippen LogP contribution in [0.1, 0.15) is 39.2 Å². The van der Waals surface area contributed by atoms with E-state index in [1.165, 1.54) is 0 Å². The zero-order chi connectivity index (χ0) is 25.0. The number of rotatable bonds is 11. The van der Waals surface area contributed by atoms with Crippen LogP contribution in [0.15, 0.2) is 78.9 Å². The van der Waals surface area contributed by atoms with Gasteiger partial charge in [0.15, 0.2) is 0 Å². The minimum Gasteiger partial charge on any atom is -0.383 e. The van der Waals surface area contributed by atoms with E-state index in [-0.39, 0.29) is 30.3 Å². The second kappa shape index (κ2) is 12.9. The lowest BCUT2D eigenvalue weighted by Crippen LogP contribution is -2.27. The quantitative estimate of drug-likeness (QED) is 0.318. The van der Waals surface area contributed by atoms with Crippen molar-refractivity contribution < 1.29 is 19.1 Å². The average molecular weight is 475 g/mol. The number of carbonyl (C=O) groups is 3. The van der Waals surface area contributed by atoms with Crippen molar-refractivity contribution in [1.82, 2.24) is 10.6 Å². The van der Waals surface area contributed by atoms with E-state index in [0.29, 0.717) is 35.7 Å². The summed E-state index contributed by atoms with van der Waals surface area (Å²) in [5.41, 5.74) is 3.22. The molecular formula is C27H30N4O4. The van der Waals surface area contributed by atoms with Gasteiger partial charge in [-0.25, -0.2) is 0 Å². The van der Waals surface area contributed by atoms with Gasteiger partial charge in [-0.1, -0.05) is 36.4 Å². The third-order valence-electron chi connectivity index (χ3n) is 5.25. The van der Waals surface area contributed by atoms with Crippen LogP contribution in [0.5, 0.6) is 0 Å². The first kappa shape index (κ1) is 25.5. The largest absolute Gasteiger partial charge is 0.383 e. The fourth-order valence-corrected chi connectivity index (χ4v) is 3.34. The van der Waals surface area contributed by atoms with E-state index in [2.05, 4.69) is 21.3 Å². The Morgan fingerprint density at radius 3 is 2.29 bits per heavy atom. The van der Waals surface area contributed by atoms with Crippen molar-refractivity contribution in [2.45, 2.75) is 13.0 Å². The molecule has 0 fully saturated rings. The van der Waals surface area contributed by atoms with E-state index in [4.69, 9.17) is 4.74 Å². The minimum absolute atomic E-state index is 0.0286. The minimum atomic E-state index is -0.262. The fraction of sp³-hybridized carbons (Fsp3) is 0.222. The molecule has 0 saturated heterocycles. The summed E-state index contributed by atoms with van der Waals surface area (Å²) in [5.74, 6) is -0.669. The van der Waals surface area contributed by atoms with Gasteiger partial charge in [0.1, 0.15) is 0 Å². The summed E-state index contributed by atoms with van der Waals surface area (Å²) in [4.78, 5) is 37.1. The van der Waals surface area contributed by atoms with Crippen LogP contribution in [0.3, 0.4) is 0 Å². The molecule has 0 aliphatic carbocycles. The molecule has 3 aromatic carbocycles. The number of ether oxygens (including phenoxy) is 1. The molecule has 3 aromatic rings. The lowest BCUT2D eigenvalue weighted by atomic mass is 10.1. The van der Waals surface area contributed by atoms with Crippen LogP contribution in [0.25, 0.3) is 0 Å². The molecule has 0 heterocycles. The maximum atomic E-state index is 12.7. The van der Waals surface area contributed by atoms with Gasteiger partial charge in [-0.3, -0.25) is 14.4 Å². The van der Waals surface area contributed by atoms with Crippen molar-refractivity contribution in [2.75, 3.05) is 37.4 Å². The first-order valence-corrected chi connectivity index (χ1v) is 11.3. The third kappa shape index (κ3) is 7.97. The van der Waals surface area contributed by atoms with Gasteiger partial charge in [-0.2, -0.15) is 0 Å². The molecule has 0 aliphatic rings. The van der Waals surface area contributed by atoms with E-state index in [1.807, 2.05) is 37.3 Å². The van der Waals surface area contributed by atoms with Crippen LogP contribution < -0.4 is 21.3 Å². The molecule has 0 aliphatic heterocycles. The van der Waals surface area contributed by atoms with Crippen LogP contribution in [0.4, 0.5) is 11.4 Å². The van der Waals surface area contributed by atoms with Gasteiger partial charge in [0.2, 0.25) is 5.91 Å². The Morgan fingerprint density at radius 1 is 0.829 bits per heavy atom. The number of benzene rings is 3. The summed E-state index contributed by atoms with van der Waals surface area (Å²) >= 11 is 0. The molecule has 182 valence electrons. The van der Waals surface area contributed by atoms with Crippen LogP contribution in [-0.2, 0) is 9.53 Å². The molecule has 35 heavy (non-hydrogen) atoms. The summed E-state index contributed by atoms with van der Waals surface area (Å²) in [5, 5.41) is 11.5. The maximum Gasteiger partial charge on any atom is 0.251 e. The van der Waals surface area contributed by atoms with E-state index in [0.717, 1.165) is 5.56 Å². The number of methoxy groups -OCH3 is 1. The highest BCUT2D eigenvalue weighted by atomic mass is 16.5. The van der Waals surface area contributed by atoms with E-state index < -0.39 is 0 Å². The first-order chi connectivity index (χ1) is 17.0. The Bertz CT molecular complexity index is 1130. The van der Waals surface area contributed by atoms with Crippen LogP contribution in [0, 0.1) is 0 Å². The molecule has 8 nitrogen and oxygen atoms in total. The maximum absolute atomic E-state index is 12.7. The Balaban J connectivity index is 1.49. The van der Waals surface area contributed by atoms with Crippen molar-refractivity contribution in [1.29, 1.82) is 0 Å². The van der Waals surface area contributed by atoms with Gasteiger partial charge >= 0.3 is 0 Å². The first-order valence-electron chi connectivity index (χ1n) is 11.3. The van der Waals surface area contributed by atoms with Crippen LogP contribution in [0.2, 0.25) is 0 Å². The number of hydrogen-bond donors (Lipinski definition) is 4. The highest BCUT2D eigenvalue weighted by Crippen LogP contribution is 2.15. The molecule has 0 radical (unpaired) electrons. The molecule has 0 bridgehead atoms. The zero-order valence-corrected chi connectivity index (χ0v) is 19.8. The van der Waals surface area contributed by atoms with Crippen molar-refractivity contribution in [3.8, 4) is 0 Å². The smallest absolute Gasteiger partial charge is 0.251 e. The standard InChI is InChI=1S/C27H30N4O4/c1-19(20-7-4-3-5-8-20)30-27(34)22-9-6-10-24(17-22)31-25(32)18-29-23-13-11-21(12-14-23)26(33)28-15-16-35-2/h3-14,17,19,29H,15-16,18H2,1-2H3,(H,28,33)(H,30,34)(H,31,32). The zero-order valence-electron chi connectivity index (χ0n) is 19.8. The summed E-state index contributed by atoms with van der Waals surface area (Å²) in [6.07, 6.45) is 0. The van der Waals surface area contributed by atoms with Crippen LogP contribution >= 0.6 is 0 Å². The Morgan fingerprint density at radius 2 is 1.57 bits per heavy atom. The van der Waals surface area contributed by atoms with Gasteiger partial charge < -0.3 is 26.0 Å². The van der Waals surface area contributed by atoms with Crippen molar-refractivity contribution in [3.05, 3.63) is 95.6 Å². The summed E-state index contributed by atoms with van der Waals surface area (Å²) in [7, 11) is 1.57. The highest BCUT2D eigenvalue weighted by Gasteiger charge is 2.12. The SMILES string of the molecule is COCCNC(=O)c1ccc(NCC(=O)Nc2cccc(C(=O)NC(C)c3ccccc3)c2)cc1. The van der Waals surface area contributed by atoms with Gasteiger partial charge in [-0.05, 0) is 55.0 Å². The van der Waals surface area contributed by atoms with Crippen LogP contribution in [-0.4, -0.2) is 44.5 Å². The molecule has 8 heteroatoms. The number of hydrogen-bond acceptors (Lipinski definition) is 5. The number of nitrogens with one attached hydrogen (secondary N) is 4. The Labute approximate surface area is 205 Å². The molecule has 0 saturated carbocycles. The number of carbonyl (C=O) groups excluding carboxylic acids is 3. The highest BCUT2D eigenvalue weighted by molar-refractivity contribution is 5.98. The Kier molecular flexibility index (Phi) is 9.39. The summed E-state index contributed by atoms with van der Waals surface area (Å²) in [6, 6.07) is 23.2. The number of amides is 3. The van der Waals surface area contributed by atoms with Crippen molar-refractivity contribution >= 4 is 29.1 Å². The second-order valence-electron chi connectivity index (χ2n) is 7.91. The normalized spacial score (nSPS) is 11.3. The second-order valence-corrected chi connectivity index (χ2v) is 7.91. The topological polar surface area (TPSA) is 109 Å². The monoisotopic (exact) mass is 474 g/mol. The predicted octanol–water partition coefficient (Wildman–Crippen LogP) is 3.60. The predicted molar refractivity (Wildman–Crippen MR) is 137 cm³/mol. The van der Waals surface area contributed by atoms with Crippen molar-refractivity contribution in [2.24, 2.45) is 0 Å². The summed E-state index contributed by atoms with van der Waals surface area (Å²) < 4.78 is 4.91. The molecule has 3 amide bonds. The molecule has 0 aromatic heterocycles. The van der Waals surface area contributed by atoms with Crippen molar-refractivity contribution in [3.63, 3.8) is 0 Å². The lowest BCUT2D eigenvalue weighted by molar-refractivity contribution is -0.114. The third-order valence-corrected chi connectivity index (χ3v) is 5.25. The van der Waals surface area contributed by atoms with Gasteiger partial charge in [0, 0.05) is 36.2 Å². The molecular weight excluding hydrogens is 444 g/mol. The lowest BCUT2D eigenvalue weighted by Gasteiger charge is -2.15. The van der Waals surface area contributed by atoms with Gasteiger partial charge in [0.25, 0.3) is 11.8 Å². The molecule has 1 atom stereocenters. The molecule has 4 N–H and O–H groups in total. The molecule has 0 spiro atoms. The van der Waals surface area contributed by atoms with E-state index in [9.17, 15) is 14.4 Å². The molecule has 1 unspecified atom stereocenters. The fourth-order valence-electron chi connectivity index (χ4n) is 3.34. The van der Waals surface area contributed by atoms with Gasteiger partial charge in [-0.15, -0.1) is 0 Å². The summed E-state index contributed by atoms with van der Waals surface area (Å²) in [6.45, 7) is 2.83. The molecule has 3 rings (SSSR count). The van der Waals surface area contributed by atoms with E-state index >= 15 is 0 Å². The average Bonchev–Trinajstić information content (AvgIpc) is 2.88. The number of anilines is 2. The van der Waals surface area contributed by atoms with E-state index in [1.54, 1.807) is 55.6 Å². The van der Waals surface area contributed by atoms with Gasteiger partial charge in [0.05, 0.1) is 19.2 Å². The Hall–Kier alpha value is -4.17.